The quantitative estimate of drug-likeness (QED) is 0.754. The van der Waals surface area contributed by atoms with E-state index in [9.17, 15) is 4.79 Å². The minimum absolute atomic E-state index is 0.0645. The highest BCUT2D eigenvalue weighted by molar-refractivity contribution is 5.81. The van der Waals surface area contributed by atoms with E-state index in [2.05, 4.69) is 6.07 Å². The number of anilines is 1. The average Bonchev–Trinajstić information content (AvgIpc) is 2.73. The number of rotatable bonds is 3. The molecular weight excluding hydrogens is 228 g/mol. The zero-order chi connectivity index (χ0) is 13.1. The predicted octanol–water partition coefficient (Wildman–Crippen LogP) is 0.448. The first-order valence-electron chi connectivity index (χ1n) is 5.93. The first-order valence-corrected chi connectivity index (χ1v) is 5.93. The first-order chi connectivity index (χ1) is 8.65. The third-order valence-electron chi connectivity index (χ3n) is 3.33. The second-order valence-electron chi connectivity index (χ2n) is 4.51. The van der Waals surface area contributed by atoms with Crippen molar-refractivity contribution in [3.63, 3.8) is 0 Å². The molecule has 5 nitrogen and oxygen atoms in total. The lowest BCUT2D eigenvalue weighted by atomic mass is 10.1. The Morgan fingerprint density at radius 1 is 1.50 bits per heavy atom. The normalized spacial score (nSPS) is 19.0. The van der Waals surface area contributed by atoms with Gasteiger partial charge in [-0.2, -0.15) is 5.26 Å². The summed E-state index contributed by atoms with van der Waals surface area (Å²) in [5, 5.41) is 8.86. The van der Waals surface area contributed by atoms with Crippen molar-refractivity contribution in [2.24, 2.45) is 11.7 Å². The van der Waals surface area contributed by atoms with Gasteiger partial charge in [0.1, 0.15) is 0 Å². The summed E-state index contributed by atoms with van der Waals surface area (Å²) >= 11 is 0. The molecule has 4 N–H and O–H groups in total. The van der Waals surface area contributed by atoms with E-state index >= 15 is 0 Å². The Hall–Kier alpha value is -2.06. The molecule has 1 saturated heterocycles. The van der Waals surface area contributed by atoms with E-state index in [-0.39, 0.29) is 11.8 Å². The molecule has 1 aliphatic rings. The van der Waals surface area contributed by atoms with Gasteiger partial charge in [-0.05, 0) is 30.2 Å². The molecule has 1 heterocycles. The van der Waals surface area contributed by atoms with Crippen LogP contribution < -0.4 is 11.5 Å². The van der Waals surface area contributed by atoms with E-state index in [1.165, 1.54) is 0 Å². The van der Waals surface area contributed by atoms with Crippen molar-refractivity contribution in [3.8, 4) is 6.07 Å². The van der Waals surface area contributed by atoms with Crippen LogP contribution in [0.1, 0.15) is 17.5 Å². The van der Waals surface area contributed by atoms with E-state index in [0.29, 0.717) is 30.9 Å². The molecule has 1 amide bonds. The standard InChI is InChI=1S/C13H16N4O/c14-6-9-1-2-12(16)11(5-9)8-17-4-3-10(7-15)13(17)18/h1-2,5,10H,3-4,7-8,15-16H2. The molecule has 0 aliphatic carbocycles. The highest BCUT2D eigenvalue weighted by atomic mass is 16.2. The molecule has 0 saturated carbocycles. The number of nitrogens with two attached hydrogens (primary N) is 2. The van der Waals surface area contributed by atoms with Crippen LogP contribution in [-0.2, 0) is 11.3 Å². The summed E-state index contributed by atoms with van der Waals surface area (Å²) in [4.78, 5) is 13.7. The summed E-state index contributed by atoms with van der Waals surface area (Å²) in [5.74, 6) is 0.0182. The van der Waals surface area contributed by atoms with Crippen LogP contribution in [0, 0.1) is 17.2 Å². The van der Waals surface area contributed by atoms with Gasteiger partial charge in [0.2, 0.25) is 5.91 Å². The Balaban J connectivity index is 2.15. The second-order valence-corrected chi connectivity index (χ2v) is 4.51. The van der Waals surface area contributed by atoms with Crippen LogP contribution in [0.25, 0.3) is 0 Å². The number of hydrogen-bond acceptors (Lipinski definition) is 4. The number of nitrogens with zero attached hydrogens (tertiary/aromatic N) is 2. The monoisotopic (exact) mass is 244 g/mol. The van der Waals surface area contributed by atoms with E-state index in [1.807, 2.05) is 0 Å². The lowest BCUT2D eigenvalue weighted by Gasteiger charge is -2.17. The third-order valence-corrected chi connectivity index (χ3v) is 3.33. The Kier molecular flexibility index (Phi) is 3.49. The Bertz CT molecular complexity index is 506. The maximum atomic E-state index is 11.9. The van der Waals surface area contributed by atoms with Crippen molar-refractivity contribution in [1.29, 1.82) is 5.26 Å². The lowest BCUT2D eigenvalue weighted by molar-refractivity contribution is -0.131. The zero-order valence-electron chi connectivity index (χ0n) is 10.1. The molecule has 1 aliphatic heterocycles. The SMILES string of the molecule is N#Cc1ccc(N)c(CN2CCC(CN)C2=O)c1. The number of hydrogen-bond donors (Lipinski definition) is 2. The van der Waals surface area contributed by atoms with E-state index < -0.39 is 0 Å². The maximum absolute atomic E-state index is 11.9. The van der Waals surface area contributed by atoms with Crippen LogP contribution in [0.4, 0.5) is 5.69 Å². The van der Waals surface area contributed by atoms with Crippen LogP contribution in [0.5, 0.6) is 0 Å². The Morgan fingerprint density at radius 3 is 2.89 bits per heavy atom. The summed E-state index contributed by atoms with van der Waals surface area (Å²) in [7, 11) is 0. The molecule has 18 heavy (non-hydrogen) atoms. The molecule has 0 bridgehead atoms. The molecule has 0 aromatic heterocycles. The number of nitriles is 1. The van der Waals surface area contributed by atoms with Gasteiger partial charge in [-0.1, -0.05) is 0 Å². The Labute approximate surface area is 106 Å². The molecule has 5 heteroatoms. The highest BCUT2D eigenvalue weighted by Crippen LogP contribution is 2.22. The smallest absolute Gasteiger partial charge is 0.227 e. The van der Waals surface area contributed by atoms with Gasteiger partial charge in [-0.3, -0.25) is 4.79 Å². The maximum Gasteiger partial charge on any atom is 0.227 e. The van der Waals surface area contributed by atoms with Gasteiger partial charge < -0.3 is 16.4 Å². The summed E-state index contributed by atoms with van der Waals surface area (Å²) < 4.78 is 0. The molecule has 0 radical (unpaired) electrons. The molecule has 1 atom stereocenters. The van der Waals surface area contributed by atoms with Crippen molar-refractivity contribution < 1.29 is 4.79 Å². The topological polar surface area (TPSA) is 96.1 Å². The molecule has 1 fully saturated rings. The molecule has 1 unspecified atom stereocenters. The van der Waals surface area contributed by atoms with Crippen molar-refractivity contribution in [2.75, 3.05) is 18.8 Å². The van der Waals surface area contributed by atoms with E-state index in [0.717, 1.165) is 12.0 Å². The molecule has 0 spiro atoms. The highest BCUT2D eigenvalue weighted by Gasteiger charge is 2.30. The summed E-state index contributed by atoms with van der Waals surface area (Å²) in [5.41, 5.74) is 13.4. The van der Waals surface area contributed by atoms with Crippen molar-refractivity contribution in [2.45, 2.75) is 13.0 Å². The van der Waals surface area contributed by atoms with Gasteiger partial charge in [0.15, 0.2) is 0 Å². The van der Waals surface area contributed by atoms with Gasteiger partial charge in [-0.25, -0.2) is 0 Å². The number of amides is 1. The van der Waals surface area contributed by atoms with Gasteiger partial charge in [0, 0.05) is 25.3 Å². The lowest BCUT2D eigenvalue weighted by Crippen LogP contribution is -2.29. The number of benzene rings is 1. The van der Waals surface area contributed by atoms with Crippen LogP contribution >= 0.6 is 0 Å². The fourth-order valence-electron chi connectivity index (χ4n) is 2.20. The van der Waals surface area contributed by atoms with Gasteiger partial charge in [0.05, 0.1) is 17.6 Å². The van der Waals surface area contributed by atoms with Gasteiger partial charge in [-0.15, -0.1) is 0 Å². The van der Waals surface area contributed by atoms with Crippen molar-refractivity contribution >= 4 is 11.6 Å². The zero-order valence-corrected chi connectivity index (χ0v) is 10.1. The molecule has 2 rings (SSSR count). The van der Waals surface area contributed by atoms with Crippen molar-refractivity contribution in [3.05, 3.63) is 29.3 Å². The van der Waals surface area contributed by atoms with Crippen LogP contribution in [0.2, 0.25) is 0 Å². The van der Waals surface area contributed by atoms with Crippen LogP contribution in [-0.4, -0.2) is 23.9 Å². The average molecular weight is 244 g/mol. The number of carbonyl (C=O) groups excluding carboxylic acids is 1. The summed E-state index contributed by atoms with van der Waals surface area (Å²) in [6.07, 6.45) is 0.799. The largest absolute Gasteiger partial charge is 0.398 e. The third kappa shape index (κ3) is 2.29. The van der Waals surface area contributed by atoms with Crippen LogP contribution in [0.3, 0.4) is 0 Å². The van der Waals surface area contributed by atoms with Gasteiger partial charge >= 0.3 is 0 Å². The van der Waals surface area contributed by atoms with Crippen molar-refractivity contribution in [1.82, 2.24) is 4.90 Å². The minimum atomic E-state index is -0.0645. The number of nitrogen functional groups attached to an aromatic ring is 1. The second kappa shape index (κ2) is 5.07. The van der Waals surface area contributed by atoms with Crippen LogP contribution in [0.15, 0.2) is 18.2 Å². The fraction of sp³-hybridized carbons (Fsp3) is 0.385. The van der Waals surface area contributed by atoms with E-state index in [1.54, 1.807) is 23.1 Å². The molecule has 94 valence electrons. The summed E-state index contributed by atoms with van der Waals surface area (Å²) in [6, 6.07) is 7.18. The molecular formula is C13H16N4O. The minimum Gasteiger partial charge on any atom is -0.398 e. The number of carbonyl (C=O) groups is 1. The first kappa shape index (κ1) is 12.4. The molecule has 1 aromatic rings. The predicted molar refractivity (Wildman–Crippen MR) is 68.1 cm³/mol. The van der Waals surface area contributed by atoms with E-state index in [4.69, 9.17) is 16.7 Å². The fourth-order valence-corrected chi connectivity index (χ4v) is 2.20. The Morgan fingerprint density at radius 2 is 2.28 bits per heavy atom. The van der Waals surface area contributed by atoms with Gasteiger partial charge in [0.25, 0.3) is 0 Å². The summed E-state index contributed by atoms with van der Waals surface area (Å²) in [6.45, 7) is 1.55. The number of likely N-dealkylation sites (tertiary alicyclic amines) is 1. The molecule has 1 aromatic carbocycles.